The lowest BCUT2D eigenvalue weighted by Gasteiger charge is -2.37. The Kier molecular flexibility index (Phi) is 5.89. The van der Waals surface area contributed by atoms with Gasteiger partial charge in [0.25, 0.3) is 0 Å². The number of ether oxygens (including phenoxy) is 3. The summed E-state index contributed by atoms with van der Waals surface area (Å²) in [6.45, 7) is 6.48. The maximum atomic E-state index is 12.8. The third-order valence-electron chi connectivity index (χ3n) is 6.11. The van der Waals surface area contributed by atoms with Crippen LogP contribution in [0.25, 0.3) is 0 Å². The number of rotatable bonds is 7. The molecule has 4 saturated heterocycles. The van der Waals surface area contributed by atoms with Crippen LogP contribution in [-0.2, 0) is 38.2 Å². The van der Waals surface area contributed by atoms with Crippen molar-refractivity contribution in [2.24, 2.45) is 0 Å². The Morgan fingerprint density at radius 2 is 1.38 bits per heavy atom. The Morgan fingerprint density at radius 1 is 0.875 bits per heavy atom. The Bertz CT molecular complexity index is 880. The molecule has 0 aromatic carbocycles. The van der Waals surface area contributed by atoms with Crippen molar-refractivity contribution in [2.75, 3.05) is 19.8 Å². The van der Waals surface area contributed by atoms with Gasteiger partial charge in [-0.1, -0.05) is 0 Å². The molecule has 5 atom stereocenters. The highest BCUT2D eigenvalue weighted by atomic mass is 32.2. The molecule has 10 nitrogen and oxygen atoms in total. The fourth-order valence-electron chi connectivity index (χ4n) is 4.60. The van der Waals surface area contributed by atoms with Gasteiger partial charge in [0.2, 0.25) is 11.8 Å². The highest BCUT2D eigenvalue weighted by Crippen LogP contribution is 2.52. The normalized spacial score (nSPS) is 34.2. The molecule has 0 N–H and O–H groups in total. The van der Waals surface area contributed by atoms with Gasteiger partial charge in [0.15, 0.2) is 0 Å². The molecule has 2 amide bonds. The SMILES string of the molecule is CC(=O)OC[C@]1(C)S[C@@H]2CC(=O)N2[C@H]1C(=O)OCCOC(=O)[C@@H]1N2C(=O)C[C@H]2SC1(C)C. The van der Waals surface area contributed by atoms with Gasteiger partial charge in [-0.15, -0.1) is 23.5 Å². The maximum absolute atomic E-state index is 12.8. The Labute approximate surface area is 194 Å². The number of hydrogen-bond donors (Lipinski definition) is 0. The second kappa shape index (κ2) is 8.12. The number of amides is 2. The van der Waals surface area contributed by atoms with Crippen LogP contribution in [-0.4, -0.2) is 91.7 Å². The molecule has 4 aliphatic rings. The molecule has 0 aromatic heterocycles. The van der Waals surface area contributed by atoms with E-state index in [1.807, 2.05) is 13.8 Å². The van der Waals surface area contributed by atoms with Crippen molar-refractivity contribution in [2.45, 2.75) is 72.9 Å². The summed E-state index contributed by atoms with van der Waals surface area (Å²) >= 11 is 2.99. The molecule has 4 fully saturated rings. The van der Waals surface area contributed by atoms with E-state index in [2.05, 4.69) is 0 Å². The first-order valence-electron chi connectivity index (χ1n) is 10.4. The summed E-state index contributed by atoms with van der Waals surface area (Å²) in [5.74, 6) is -1.85. The van der Waals surface area contributed by atoms with E-state index in [1.54, 1.807) is 23.6 Å². The van der Waals surface area contributed by atoms with Gasteiger partial charge in [0, 0.05) is 11.7 Å². The maximum Gasteiger partial charge on any atom is 0.330 e. The lowest BCUT2D eigenvalue weighted by atomic mass is 9.97. The van der Waals surface area contributed by atoms with Crippen molar-refractivity contribution in [1.29, 1.82) is 0 Å². The highest BCUT2D eigenvalue weighted by Gasteiger charge is 2.62. The summed E-state index contributed by atoms with van der Waals surface area (Å²) in [6, 6.07) is -1.56. The van der Waals surface area contributed by atoms with E-state index in [-0.39, 0.29) is 42.4 Å². The van der Waals surface area contributed by atoms with Gasteiger partial charge in [-0.05, 0) is 20.8 Å². The third kappa shape index (κ3) is 3.85. The van der Waals surface area contributed by atoms with Crippen LogP contribution in [0.5, 0.6) is 0 Å². The Hall–Kier alpha value is -1.95. The number of thioether (sulfide) groups is 2. The van der Waals surface area contributed by atoms with Gasteiger partial charge in [-0.25, -0.2) is 9.59 Å². The zero-order valence-corrected chi connectivity index (χ0v) is 20.0. The summed E-state index contributed by atoms with van der Waals surface area (Å²) in [6.07, 6.45) is 0.754. The van der Waals surface area contributed by atoms with Gasteiger partial charge < -0.3 is 24.0 Å². The van der Waals surface area contributed by atoms with Gasteiger partial charge in [0.1, 0.15) is 31.9 Å². The summed E-state index contributed by atoms with van der Waals surface area (Å²) < 4.78 is 14.5. The van der Waals surface area contributed by atoms with Crippen LogP contribution in [0.2, 0.25) is 0 Å². The molecule has 32 heavy (non-hydrogen) atoms. The van der Waals surface area contributed by atoms with Crippen molar-refractivity contribution in [3.63, 3.8) is 0 Å². The van der Waals surface area contributed by atoms with Crippen LogP contribution in [0.4, 0.5) is 0 Å². The summed E-state index contributed by atoms with van der Waals surface area (Å²) in [4.78, 5) is 63.7. The van der Waals surface area contributed by atoms with Crippen molar-refractivity contribution >= 4 is 53.2 Å². The lowest BCUT2D eigenvalue weighted by Crippen LogP contribution is -2.58. The van der Waals surface area contributed by atoms with Gasteiger partial charge in [-0.3, -0.25) is 14.4 Å². The average molecular weight is 487 g/mol. The zero-order chi connectivity index (χ0) is 23.4. The molecule has 12 heteroatoms. The Balaban J connectivity index is 1.31. The van der Waals surface area contributed by atoms with Crippen molar-refractivity contribution in [3.8, 4) is 0 Å². The number of nitrogens with zero attached hydrogens (tertiary/aromatic N) is 2. The van der Waals surface area contributed by atoms with Crippen LogP contribution >= 0.6 is 23.5 Å². The number of β-lactam (4-membered cyclic amide) rings is 2. The van der Waals surface area contributed by atoms with Crippen molar-refractivity contribution < 1.29 is 38.2 Å². The monoisotopic (exact) mass is 486 g/mol. The molecule has 0 aliphatic carbocycles. The van der Waals surface area contributed by atoms with Gasteiger partial charge >= 0.3 is 17.9 Å². The van der Waals surface area contributed by atoms with Crippen molar-refractivity contribution in [3.05, 3.63) is 0 Å². The first-order valence-corrected chi connectivity index (χ1v) is 12.1. The second-order valence-electron chi connectivity index (χ2n) is 8.99. The average Bonchev–Trinajstić information content (AvgIpc) is 3.07. The molecule has 0 spiro atoms. The van der Waals surface area contributed by atoms with Crippen LogP contribution in [0, 0.1) is 0 Å². The number of hydrogen-bond acceptors (Lipinski definition) is 10. The van der Waals surface area contributed by atoms with Crippen LogP contribution in [0.3, 0.4) is 0 Å². The molecule has 4 heterocycles. The van der Waals surface area contributed by atoms with E-state index in [4.69, 9.17) is 14.2 Å². The molecular formula is C20H26N2O8S2. The predicted molar refractivity (Wildman–Crippen MR) is 114 cm³/mol. The highest BCUT2D eigenvalue weighted by molar-refractivity contribution is 8.02. The molecule has 0 unspecified atom stereocenters. The molecule has 0 aromatic rings. The van der Waals surface area contributed by atoms with E-state index >= 15 is 0 Å². The molecular weight excluding hydrogens is 460 g/mol. The minimum absolute atomic E-state index is 0.00431. The quantitative estimate of drug-likeness (QED) is 0.218. The van der Waals surface area contributed by atoms with E-state index < -0.39 is 39.5 Å². The topological polar surface area (TPSA) is 120 Å². The van der Waals surface area contributed by atoms with E-state index in [1.165, 1.54) is 23.6 Å². The fraction of sp³-hybridized carbons (Fsp3) is 0.750. The van der Waals surface area contributed by atoms with Gasteiger partial charge in [-0.2, -0.15) is 0 Å². The fourth-order valence-corrected chi connectivity index (χ4v) is 7.88. The van der Waals surface area contributed by atoms with Crippen LogP contribution in [0.15, 0.2) is 0 Å². The standard InChI is InChI=1S/C20H26N2O8S2/c1-10(23)30-9-20(4)16(22-12(25)8-14(22)32-20)18(27)29-6-5-28-17(26)15-19(2,3)31-13-7-11(24)21(13)15/h13-16H,5-9H2,1-4H3/t13-,14-,15+,16+,20+/m1/s1. The number of carbonyl (C=O) groups excluding carboxylic acids is 5. The summed E-state index contributed by atoms with van der Waals surface area (Å²) in [7, 11) is 0. The second-order valence-corrected chi connectivity index (χ2v) is 12.5. The number of carbonyl (C=O) groups is 5. The minimum atomic E-state index is -0.890. The first kappa shape index (κ1) is 23.2. The van der Waals surface area contributed by atoms with Crippen molar-refractivity contribution in [1.82, 2.24) is 9.80 Å². The van der Waals surface area contributed by atoms with Gasteiger partial charge in [0.05, 0.1) is 28.3 Å². The smallest absolute Gasteiger partial charge is 0.330 e. The van der Waals surface area contributed by atoms with Crippen LogP contribution in [0.1, 0.15) is 40.5 Å². The first-order chi connectivity index (χ1) is 14.9. The molecule has 176 valence electrons. The molecule has 4 aliphatic heterocycles. The lowest BCUT2D eigenvalue weighted by molar-refractivity contribution is -0.167. The summed E-state index contributed by atoms with van der Waals surface area (Å²) in [5.41, 5.74) is 0. The molecule has 4 rings (SSSR count). The zero-order valence-electron chi connectivity index (χ0n) is 18.3. The minimum Gasteiger partial charge on any atom is -0.464 e. The number of fused-ring (bicyclic) bond motifs is 2. The largest absolute Gasteiger partial charge is 0.464 e. The summed E-state index contributed by atoms with van der Waals surface area (Å²) in [5, 5.41) is -0.146. The van der Waals surface area contributed by atoms with Crippen LogP contribution < -0.4 is 0 Å². The number of esters is 3. The molecule has 0 bridgehead atoms. The molecule has 0 radical (unpaired) electrons. The third-order valence-corrected chi connectivity index (χ3v) is 9.16. The Morgan fingerprint density at radius 3 is 1.91 bits per heavy atom. The van der Waals surface area contributed by atoms with E-state index in [0.29, 0.717) is 12.8 Å². The van der Waals surface area contributed by atoms with E-state index in [0.717, 1.165) is 0 Å². The predicted octanol–water partition coefficient (Wildman–Crippen LogP) is 0.521. The molecule has 0 saturated carbocycles. The van der Waals surface area contributed by atoms with E-state index in [9.17, 15) is 24.0 Å².